The summed E-state index contributed by atoms with van der Waals surface area (Å²) in [5, 5.41) is 15.6. The molecule has 0 atom stereocenters. The molecule has 0 amide bonds. The Morgan fingerprint density at radius 3 is 2.82 bits per heavy atom. The van der Waals surface area contributed by atoms with Crippen LogP contribution < -0.4 is 5.32 Å². The van der Waals surface area contributed by atoms with Crippen molar-refractivity contribution in [2.24, 2.45) is 0 Å². The van der Waals surface area contributed by atoms with Crippen LogP contribution in [0.4, 0.5) is 0 Å². The lowest BCUT2D eigenvalue weighted by Crippen LogP contribution is -2.46. The van der Waals surface area contributed by atoms with Crippen molar-refractivity contribution in [2.75, 3.05) is 0 Å². The van der Waals surface area contributed by atoms with Gasteiger partial charge in [0.15, 0.2) is 5.82 Å². The minimum Gasteiger partial charge on any atom is -0.480 e. The second-order valence-corrected chi connectivity index (χ2v) is 4.49. The molecule has 2 N–H and O–H groups in total. The average molecular weight is 241 g/mol. The van der Waals surface area contributed by atoms with E-state index in [1.807, 2.05) is 0 Å². The predicted molar refractivity (Wildman–Crippen MR) is 61.5 cm³/mol. The van der Waals surface area contributed by atoms with Crippen LogP contribution in [0.3, 0.4) is 0 Å². The van der Waals surface area contributed by atoms with E-state index in [9.17, 15) is 4.79 Å². The fourth-order valence-corrected chi connectivity index (χ4v) is 1.17. The maximum absolute atomic E-state index is 10.9. The van der Waals surface area contributed by atoms with Crippen LogP contribution in [0.15, 0.2) is 4.52 Å². The summed E-state index contributed by atoms with van der Waals surface area (Å²) in [6, 6.07) is 0. The molecule has 6 heteroatoms. The third-order valence-corrected chi connectivity index (χ3v) is 2.48. The van der Waals surface area contributed by atoms with Crippen molar-refractivity contribution < 1.29 is 14.4 Å². The Bertz CT molecular complexity index is 374. The molecule has 17 heavy (non-hydrogen) atoms. The van der Waals surface area contributed by atoms with Crippen LogP contribution in [0.2, 0.25) is 0 Å². The van der Waals surface area contributed by atoms with Crippen LogP contribution in [-0.4, -0.2) is 26.8 Å². The molecule has 0 aliphatic carbocycles. The van der Waals surface area contributed by atoms with E-state index in [0.29, 0.717) is 11.7 Å². The zero-order valence-electron chi connectivity index (χ0n) is 10.5. The summed E-state index contributed by atoms with van der Waals surface area (Å²) in [4.78, 5) is 15.0. The van der Waals surface area contributed by atoms with Crippen molar-refractivity contribution in [1.82, 2.24) is 15.5 Å². The summed E-state index contributed by atoms with van der Waals surface area (Å²) >= 11 is 0. The largest absolute Gasteiger partial charge is 0.480 e. The summed E-state index contributed by atoms with van der Waals surface area (Å²) in [6.07, 6.45) is 2.89. The fourth-order valence-electron chi connectivity index (χ4n) is 1.17. The molecule has 1 rings (SSSR count). The molecule has 1 heterocycles. The van der Waals surface area contributed by atoms with Crippen molar-refractivity contribution in [3.05, 3.63) is 11.7 Å². The highest BCUT2D eigenvalue weighted by Gasteiger charge is 2.26. The normalized spacial score (nSPS) is 11.7. The van der Waals surface area contributed by atoms with Crippen LogP contribution in [-0.2, 0) is 17.8 Å². The molecule has 0 aliphatic rings. The molecule has 96 valence electrons. The van der Waals surface area contributed by atoms with Crippen molar-refractivity contribution in [2.45, 2.75) is 52.1 Å². The first-order valence-corrected chi connectivity index (χ1v) is 5.75. The van der Waals surface area contributed by atoms with Gasteiger partial charge in [-0.1, -0.05) is 18.5 Å². The smallest absolute Gasteiger partial charge is 0.323 e. The first kappa shape index (κ1) is 13.6. The predicted octanol–water partition coefficient (Wildman–Crippen LogP) is 1.36. The Hall–Kier alpha value is -1.43. The fraction of sp³-hybridized carbons (Fsp3) is 0.727. The van der Waals surface area contributed by atoms with Gasteiger partial charge in [-0.15, -0.1) is 0 Å². The van der Waals surface area contributed by atoms with Gasteiger partial charge in [-0.05, 0) is 20.3 Å². The Kier molecular flexibility index (Phi) is 4.62. The highest BCUT2D eigenvalue weighted by atomic mass is 16.5. The van der Waals surface area contributed by atoms with Gasteiger partial charge < -0.3 is 9.63 Å². The number of nitrogens with zero attached hydrogens (tertiary/aromatic N) is 2. The lowest BCUT2D eigenvalue weighted by Gasteiger charge is -2.19. The third kappa shape index (κ3) is 4.14. The Morgan fingerprint density at radius 1 is 1.53 bits per heavy atom. The number of carboxylic acid groups (broad SMARTS) is 1. The molecule has 0 saturated heterocycles. The van der Waals surface area contributed by atoms with E-state index >= 15 is 0 Å². The van der Waals surface area contributed by atoms with E-state index in [1.165, 1.54) is 0 Å². The molecular formula is C11H19N3O3. The Labute approximate surface area is 100 Å². The number of carboxylic acids is 1. The number of aryl methyl sites for hydroxylation is 1. The Morgan fingerprint density at radius 2 is 2.24 bits per heavy atom. The number of aromatic nitrogens is 2. The van der Waals surface area contributed by atoms with E-state index in [-0.39, 0.29) is 6.54 Å². The number of hydrogen-bond donors (Lipinski definition) is 2. The van der Waals surface area contributed by atoms with E-state index in [0.717, 1.165) is 19.3 Å². The summed E-state index contributed by atoms with van der Waals surface area (Å²) in [6.45, 7) is 5.53. The molecule has 0 aliphatic heterocycles. The monoisotopic (exact) mass is 241 g/mol. The minimum atomic E-state index is -1.00. The van der Waals surface area contributed by atoms with Crippen molar-refractivity contribution in [1.29, 1.82) is 0 Å². The lowest BCUT2D eigenvalue weighted by atomic mass is 10.1. The SMILES string of the molecule is CCCCc1noc(CNC(C)(C)C(=O)O)n1. The van der Waals surface area contributed by atoms with Gasteiger partial charge >= 0.3 is 5.97 Å². The second-order valence-electron chi connectivity index (χ2n) is 4.49. The number of aliphatic carboxylic acids is 1. The standard InChI is InChI=1S/C11H19N3O3/c1-4-5-6-8-13-9(17-14-8)7-12-11(2,3)10(15)16/h12H,4-7H2,1-3H3,(H,15,16). The van der Waals surface area contributed by atoms with Gasteiger partial charge in [-0.3, -0.25) is 10.1 Å². The van der Waals surface area contributed by atoms with E-state index < -0.39 is 11.5 Å². The van der Waals surface area contributed by atoms with Gasteiger partial charge in [0.05, 0.1) is 6.54 Å². The van der Waals surface area contributed by atoms with Crippen molar-refractivity contribution in [3.8, 4) is 0 Å². The van der Waals surface area contributed by atoms with Crippen LogP contribution in [0.25, 0.3) is 0 Å². The summed E-state index contributed by atoms with van der Waals surface area (Å²) < 4.78 is 5.02. The number of nitrogens with one attached hydrogen (secondary N) is 1. The van der Waals surface area contributed by atoms with Crippen molar-refractivity contribution in [3.63, 3.8) is 0 Å². The summed E-state index contributed by atoms with van der Waals surface area (Å²) in [7, 11) is 0. The van der Waals surface area contributed by atoms with Gasteiger partial charge in [0.2, 0.25) is 5.89 Å². The van der Waals surface area contributed by atoms with Gasteiger partial charge in [0.25, 0.3) is 0 Å². The molecule has 1 aromatic rings. The quantitative estimate of drug-likeness (QED) is 0.749. The highest BCUT2D eigenvalue weighted by molar-refractivity contribution is 5.77. The van der Waals surface area contributed by atoms with E-state index in [4.69, 9.17) is 9.63 Å². The topological polar surface area (TPSA) is 88.2 Å². The van der Waals surface area contributed by atoms with Gasteiger partial charge in [0, 0.05) is 6.42 Å². The molecule has 6 nitrogen and oxygen atoms in total. The number of rotatable bonds is 7. The summed E-state index contributed by atoms with van der Waals surface area (Å²) in [5.41, 5.74) is -1.00. The zero-order chi connectivity index (χ0) is 12.9. The van der Waals surface area contributed by atoms with Crippen LogP contribution >= 0.6 is 0 Å². The highest BCUT2D eigenvalue weighted by Crippen LogP contribution is 2.06. The summed E-state index contributed by atoms with van der Waals surface area (Å²) in [5.74, 6) is 0.186. The Balaban J connectivity index is 2.47. The second kappa shape index (κ2) is 5.77. The van der Waals surface area contributed by atoms with Crippen LogP contribution in [0.1, 0.15) is 45.3 Å². The number of unbranched alkanes of at least 4 members (excludes halogenated alkanes) is 1. The molecule has 1 aromatic heterocycles. The van der Waals surface area contributed by atoms with Gasteiger partial charge in [-0.25, -0.2) is 0 Å². The van der Waals surface area contributed by atoms with Crippen LogP contribution in [0.5, 0.6) is 0 Å². The molecule has 0 bridgehead atoms. The third-order valence-electron chi connectivity index (χ3n) is 2.48. The van der Waals surface area contributed by atoms with E-state index in [1.54, 1.807) is 13.8 Å². The first-order chi connectivity index (χ1) is 7.95. The average Bonchev–Trinajstić information content (AvgIpc) is 2.71. The zero-order valence-corrected chi connectivity index (χ0v) is 10.5. The number of hydrogen-bond acceptors (Lipinski definition) is 5. The molecule has 0 fully saturated rings. The molecule has 0 unspecified atom stereocenters. The minimum absolute atomic E-state index is 0.262. The maximum atomic E-state index is 10.9. The van der Waals surface area contributed by atoms with Gasteiger partial charge in [-0.2, -0.15) is 4.98 Å². The first-order valence-electron chi connectivity index (χ1n) is 5.75. The molecule has 0 radical (unpaired) electrons. The molecular weight excluding hydrogens is 222 g/mol. The van der Waals surface area contributed by atoms with E-state index in [2.05, 4.69) is 22.4 Å². The maximum Gasteiger partial charge on any atom is 0.323 e. The molecule has 0 spiro atoms. The lowest BCUT2D eigenvalue weighted by molar-refractivity contribution is -0.143. The van der Waals surface area contributed by atoms with Gasteiger partial charge in [0.1, 0.15) is 5.54 Å². The molecule has 0 saturated carbocycles. The van der Waals surface area contributed by atoms with Crippen molar-refractivity contribution >= 4 is 5.97 Å². The van der Waals surface area contributed by atoms with Crippen LogP contribution in [0, 0.1) is 0 Å². The molecule has 0 aromatic carbocycles. The number of carbonyl (C=O) groups is 1.